The van der Waals surface area contributed by atoms with E-state index in [-0.39, 0.29) is 0 Å². The van der Waals surface area contributed by atoms with Crippen LogP contribution in [-0.4, -0.2) is 17.2 Å². The van der Waals surface area contributed by atoms with Crippen molar-refractivity contribution in [3.05, 3.63) is 0 Å². The molecule has 2 heteroatoms. The minimum atomic E-state index is 0.425. The number of hydrogen-bond acceptors (Lipinski definition) is 2. The molecule has 1 rings (SSSR count). The topological polar surface area (TPSA) is 12.0 Å². The Balaban J connectivity index is 2.48. The Kier molecular flexibility index (Phi) is 3.11. The van der Waals surface area contributed by atoms with Gasteiger partial charge in [0.25, 0.3) is 0 Å². The fourth-order valence-corrected chi connectivity index (χ4v) is 2.91. The van der Waals surface area contributed by atoms with E-state index in [1.54, 1.807) is 0 Å². The van der Waals surface area contributed by atoms with E-state index in [4.69, 9.17) is 0 Å². The molecule has 72 valence electrons. The quantitative estimate of drug-likeness (QED) is 0.677. The minimum absolute atomic E-state index is 0.425. The summed E-state index contributed by atoms with van der Waals surface area (Å²) in [5, 5.41) is 5.03. The second-order valence-corrected chi connectivity index (χ2v) is 6.52. The minimum Gasteiger partial charge on any atom is -0.304 e. The average molecular weight is 187 g/mol. The smallest absolute Gasteiger partial charge is 0.0566 e. The van der Waals surface area contributed by atoms with Crippen LogP contribution in [0.5, 0.6) is 0 Å². The van der Waals surface area contributed by atoms with Crippen LogP contribution in [0.3, 0.4) is 0 Å². The third-order valence-corrected chi connectivity index (χ3v) is 4.30. The lowest BCUT2D eigenvalue weighted by Gasteiger charge is -2.31. The van der Waals surface area contributed by atoms with Crippen molar-refractivity contribution in [2.24, 2.45) is 11.3 Å². The Morgan fingerprint density at radius 1 is 1.42 bits per heavy atom. The molecule has 0 aromatic rings. The van der Waals surface area contributed by atoms with Gasteiger partial charge in [-0.15, -0.1) is 11.8 Å². The molecule has 1 aliphatic heterocycles. The second-order valence-electron chi connectivity index (χ2n) is 4.93. The lowest BCUT2D eigenvalue weighted by Crippen LogP contribution is -2.34. The third kappa shape index (κ3) is 2.40. The summed E-state index contributed by atoms with van der Waals surface area (Å²) in [7, 11) is 0. The van der Waals surface area contributed by atoms with Gasteiger partial charge in [0.05, 0.1) is 5.37 Å². The summed E-state index contributed by atoms with van der Waals surface area (Å²) in [5.74, 6) is 0.743. The molecule has 1 N–H and O–H groups in total. The first-order valence-corrected chi connectivity index (χ1v) is 5.74. The molecule has 1 fully saturated rings. The Labute approximate surface area is 80.7 Å². The van der Waals surface area contributed by atoms with Crippen LogP contribution < -0.4 is 5.32 Å². The Morgan fingerprint density at radius 3 is 2.33 bits per heavy atom. The Morgan fingerprint density at radius 2 is 2.00 bits per heavy atom. The monoisotopic (exact) mass is 187 g/mol. The molecule has 0 bridgehead atoms. The molecule has 1 saturated heterocycles. The van der Waals surface area contributed by atoms with Crippen LogP contribution in [-0.2, 0) is 0 Å². The van der Waals surface area contributed by atoms with Crippen molar-refractivity contribution in [3.63, 3.8) is 0 Å². The van der Waals surface area contributed by atoms with Gasteiger partial charge in [-0.1, -0.05) is 34.6 Å². The highest BCUT2D eigenvalue weighted by molar-refractivity contribution is 8.00. The number of nitrogens with one attached hydrogen (secondary N) is 1. The highest BCUT2D eigenvalue weighted by Gasteiger charge is 2.32. The fraction of sp³-hybridized carbons (Fsp3) is 1.00. The highest BCUT2D eigenvalue weighted by Crippen LogP contribution is 2.36. The van der Waals surface area contributed by atoms with Gasteiger partial charge in [-0.25, -0.2) is 0 Å². The summed E-state index contributed by atoms with van der Waals surface area (Å²) in [5.41, 5.74) is 0.425. The van der Waals surface area contributed by atoms with Gasteiger partial charge in [-0.05, 0) is 11.3 Å². The van der Waals surface area contributed by atoms with E-state index in [1.807, 2.05) is 0 Å². The van der Waals surface area contributed by atoms with Gasteiger partial charge >= 0.3 is 0 Å². The summed E-state index contributed by atoms with van der Waals surface area (Å²) in [6, 6.07) is 0. The second kappa shape index (κ2) is 3.59. The summed E-state index contributed by atoms with van der Waals surface area (Å²) >= 11 is 2.09. The molecule has 12 heavy (non-hydrogen) atoms. The van der Waals surface area contributed by atoms with Crippen molar-refractivity contribution in [1.29, 1.82) is 0 Å². The Hall–Kier alpha value is 0.310. The maximum atomic E-state index is 3.58. The van der Waals surface area contributed by atoms with Gasteiger partial charge < -0.3 is 5.32 Å². The predicted octanol–water partition coefficient (Wildman–Crippen LogP) is 2.72. The van der Waals surface area contributed by atoms with Crippen molar-refractivity contribution in [3.8, 4) is 0 Å². The maximum absolute atomic E-state index is 3.58. The van der Waals surface area contributed by atoms with E-state index >= 15 is 0 Å². The van der Waals surface area contributed by atoms with Gasteiger partial charge in [0.2, 0.25) is 0 Å². The van der Waals surface area contributed by atoms with E-state index in [9.17, 15) is 0 Å². The van der Waals surface area contributed by atoms with Crippen LogP contribution in [0.25, 0.3) is 0 Å². The van der Waals surface area contributed by atoms with Gasteiger partial charge in [0, 0.05) is 11.8 Å². The van der Waals surface area contributed by atoms with E-state index in [0.29, 0.717) is 10.8 Å². The zero-order chi connectivity index (χ0) is 9.35. The molecule has 1 aliphatic rings. The van der Waals surface area contributed by atoms with Crippen molar-refractivity contribution < 1.29 is 0 Å². The molecule has 0 radical (unpaired) electrons. The van der Waals surface area contributed by atoms with Crippen molar-refractivity contribution in [2.45, 2.75) is 45.2 Å². The first kappa shape index (κ1) is 10.4. The summed E-state index contributed by atoms with van der Waals surface area (Å²) in [4.78, 5) is 0. The van der Waals surface area contributed by atoms with Crippen LogP contribution in [0.15, 0.2) is 0 Å². The van der Waals surface area contributed by atoms with Gasteiger partial charge in [0.1, 0.15) is 0 Å². The zero-order valence-electron chi connectivity index (χ0n) is 8.85. The maximum Gasteiger partial charge on any atom is 0.0566 e. The molecule has 0 aromatic heterocycles. The van der Waals surface area contributed by atoms with Crippen molar-refractivity contribution in [2.75, 3.05) is 6.54 Å². The summed E-state index contributed by atoms with van der Waals surface area (Å²) < 4.78 is 0. The van der Waals surface area contributed by atoms with E-state index in [1.165, 1.54) is 6.54 Å². The van der Waals surface area contributed by atoms with Crippen LogP contribution in [0.1, 0.15) is 34.6 Å². The predicted molar refractivity (Wildman–Crippen MR) is 57.5 cm³/mol. The van der Waals surface area contributed by atoms with Gasteiger partial charge in [-0.2, -0.15) is 0 Å². The normalized spacial score (nSPS) is 33.8. The van der Waals surface area contributed by atoms with Crippen LogP contribution in [0.2, 0.25) is 0 Å². The van der Waals surface area contributed by atoms with Crippen molar-refractivity contribution >= 4 is 11.8 Å². The standard InChI is InChI=1S/C10H21NS/c1-7-6-11-9(12-7)8(2)10(3,4)5/h7-9,11H,6H2,1-5H3. The average Bonchev–Trinajstić information content (AvgIpc) is 2.32. The Bertz CT molecular complexity index is 150. The number of thioether (sulfide) groups is 1. The largest absolute Gasteiger partial charge is 0.304 e. The highest BCUT2D eigenvalue weighted by atomic mass is 32.2. The fourth-order valence-electron chi connectivity index (χ4n) is 1.38. The summed E-state index contributed by atoms with van der Waals surface area (Å²) in [6.45, 7) is 12.8. The van der Waals surface area contributed by atoms with Gasteiger partial charge in [0.15, 0.2) is 0 Å². The molecule has 0 aliphatic carbocycles. The lowest BCUT2D eigenvalue weighted by atomic mass is 9.82. The molecule has 1 heterocycles. The number of hydrogen-bond donors (Lipinski definition) is 1. The van der Waals surface area contributed by atoms with Crippen LogP contribution in [0, 0.1) is 11.3 Å². The molecule has 3 unspecified atom stereocenters. The molecule has 1 nitrogen and oxygen atoms in total. The lowest BCUT2D eigenvalue weighted by molar-refractivity contribution is 0.243. The molecule has 0 saturated carbocycles. The molecule has 0 spiro atoms. The molecule has 0 amide bonds. The zero-order valence-corrected chi connectivity index (χ0v) is 9.66. The molecule has 0 aromatic carbocycles. The van der Waals surface area contributed by atoms with E-state index in [2.05, 4.69) is 51.7 Å². The summed E-state index contributed by atoms with van der Waals surface area (Å²) in [6.07, 6.45) is 0. The number of rotatable bonds is 1. The SMILES string of the molecule is CC1CNC(C(C)C(C)(C)C)S1. The molecular weight excluding hydrogens is 166 g/mol. The third-order valence-electron chi connectivity index (χ3n) is 2.81. The molecular formula is C10H21NS. The van der Waals surface area contributed by atoms with Crippen LogP contribution >= 0.6 is 11.8 Å². The first-order valence-electron chi connectivity index (χ1n) is 4.80. The van der Waals surface area contributed by atoms with E-state index < -0.39 is 0 Å². The van der Waals surface area contributed by atoms with Crippen LogP contribution in [0.4, 0.5) is 0 Å². The van der Waals surface area contributed by atoms with E-state index in [0.717, 1.165) is 11.2 Å². The molecule has 3 atom stereocenters. The van der Waals surface area contributed by atoms with Gasteiger partial charge in [-0.3, -0.25) is 0 Å². The first-order chi connectivity index (χ1) is 5.41. The van der Waals surface area contributed by atoms with Crippen molar-refractivity contribution in [1.82, 2.24) is 5.32 Å².